The average Bonchev–Trinajstić information content (AvgIpc) is 2.76. The molecule has 25 heavy (non-hydrogen) atoms. The number of aryl methyl sites for hydroxylation is 2. The van der Waals surface area contributed by atoms with Crippen LogP contribution in [0.2, 0.25) is 0 Å². The van der Waals surface area contributed by atoms with Crippen LogP contribution >= 0.6 is 15.9 Å². The molecule has 1 aromatic carbocycles. The second-order valence-electron chi connectivity index (χ2n) is 6.73. The predicted molar refractivity (Wildman–Crippen MR) is 95.8 cm³/mol. The van der Waals surface area contributed by atoms with Crippen molar-refractivity contribution in [1.29, 1.82) is 0 Å². The van der Waals surface area contributed by atoms with Crippen molar-refractivity contribution in [3.8, 4) is 0 Å². The minimum Gasteiger partial charge on any atom is -0.302 e. The van der Waals surface area contributed by atoms with Crippen LogP contribution in [-0.4, -0.2) is 54.7 Å². The highest BCUT2D eigenvalue weighted by Gasteiger charge is 2.60. The molecule has 1 spiro atoms. The molecule has 1 unspecified atom stereocenters. The van der Waals surface area contributed by atoms with Crippen LogP contribution in [0.1, 0.15) is 35.4 Å². The van der Waals surface area contributed by atoms with Gasteiger partial charge in [0.05, 0.1) is 14.2 Å². The van der Waals surface area contributed by atoms with Crippen LogP contribution in [0.15, 0.2) is 16.6 Å². The molecule has 1 aromatic rings. The number of hydrogen-bond donors (Lipinski definition) is 0. The highest BCUT2D eigenvalue weighted by atomic mass is 79.9. The van der Waals surface area contributed by atoms with Gasteiger partial charge in [-0.2, -0.15) is 5.06 Å². The van der Waals surface area contributed by atoms with Crippen molar-refractivity contribution in [2.75, 3.05) is 27.3 Å². The first-order valence-electron chi connectivity index (χ1n) is 8.34. The van der Waals surface area contributed by atoms with Crippen LogP contribution in [0.4, 0.5) is 0 Å². The molecule has 0 aliphatic carbocycles. The van der Waals surface area contributed by atoms with E-state index in [0.717, 1.165) is 21.2 Å². The number of Topliss-reactive ketones (excluding diaryl/α,β-unsaturated/α-hetero) is 1. The summed E-state index contributed by atoms with van der Waals surface area (Å²) in [4.78, 5) is 37.2. The topological polar surface area (TPSA) is 59.1 Å². The quantitative estimate of drug-likeness (QED) is 0.716. The second-order valence-corrected chi connectivity index (χ2v) is 7.59. The third-order valence-electron chi connectivity index (χ3n) is 5.32. The van der Waals surface area contributed by atoms with Crippen molar-refractivity contribution in [2.24, 2.45) is 0 Å². The summed E-state index contributed by atoms with van der Waals surface area (Å²) in [5.74, 6) is -1.20. The number of ketones is 1. The highest BCUT2D eigenvalue weighted by molar-refractivity contribution is 9.10. The van der Waals surface area contributed by atoms with Gasteiger partial charge in [-0.25, -0.2) is 5.06 Å². The predicted octanol–water partition coefficient (Wildman–Crippen LogP) is 2.52. The Hall–Kier alpha value is -1.28. The number of piperidine rings is 1. The van der Waals surface area contributed by atoms with Gasteiger partial charge >= 0.3 is 0 Å². The van der Waals surface area contributed by atoms with Gasteiger partial charge in [-0.15, -0.1) is 0 Å². The lowest BCUT2D eigenvalue weighted by Crippen LogP contribution is -2.55. The lowest BCUT2D eigenvalue weighted by molar-refractivity contribution is -0.219. The van der Waals surface area contributed by atoms with E-state index in [0.29, 0.717) is 25.9 Å². The van der Waals surface area contributed by atoms with Gasteiger partial charge in [0.2, 0.25) is 0 Å². The summed E-state index contributed by atoms with van der Waals surface area (Å²) >= 11 is 3.55. The molecule has 7 heteroatoms. The van der Waals surface area contributed by atoms with Gasteiger partial charge in [0.25, 0.3) is 5.91 Å². The van der Waals surface area contributed by atoms with Crippen LogP contribution in [0.25, 0.3) is 0 Å². The number of carbonyl (C=O) groups is 2. The fraction of sp³-hybridized carbons (Fsp3) is 0.556. The van der Waals surface area contributed by atoms with E-state index in [1.54, 1.807) is 12.2 Å². The van der Waals surface area contributed by atoms with Crippen molar-refractivity contribution in [1.82, 2.24) is 10.1 Å². The molecule has 2 aliphatic rings. The van der Waals surface area contributed by atoms with E-state index in [4.69, 9.17) is 9.68 Å². The summed E-state index contributed by atoms with van der Waals surface area (Å²) in [5, 5.41) is 3.11. The molecule has 0 radical (unpaired) electrons. The number of hydroxylamine groups is 4. The summed E-state index contributed by atoms with van der Waals surface area (Å²) in [6.07, 6.45) is 0.997. The first kappa shape index (κ1) is 18.5. The van der Waals surface area contributed by atoms with Crippen LogP contribution in [0.5, 0.6) is 0 Å². The van der Waals surface area contributed by atoms with Crippen LogP contribution in [0, 0.1) is 13.8 Å². The Bertz CT molecular complexity index is 690. The molecule has 0 saturated carbocycles. The Labute approximate surface area is 156 Å². The second kappa shape index (κ2) is 6.79. The van der Waals surface area contributed by atoms with Crippen molar-refractivity contribution < 1.29 is 19.3 Å². The first-order valence-corrected chi connectivity index (χ1v) is 9.13. The largest absolute Gasteiger partial charge is 0.302 e. The Kier molecular flexibility index (Phi) is 5.03. The zero-order chi connectivity index (χ0) is 18.4. The van der Waals surface area contributed by atoms with Crippen molar-refractivity contribution in [3.63, 3.8) is 0 Å². The van der Waals surface area contributed by atoms with Gasteiger partial charge in [-0.05, 0) is 49.4 Å². The van der Waals surface area contributed by atoms with Gasteiger partial charge < -0.3 is 4.84 Å². The zero-order valence-electron chi connectivity index (χ0n) is 15.0. The number of rotatable bonds is 3. The summed E-state index contributed by atoms with van der Waals surface area (Å²) < 4.78 is 0.791. The molecule has 6 nitrogen and oxygen atoms in total. The molecule has 2 saturated heterocycles. The number of halogens is 1. The standard InChI is InChI=1S/C18H23BrN2O4/c1-11-9-12(2)14(13(19)10-11)15-16(22)18(21(25-4)17(15)23)5-7-20(24-3)8-6-18/h9-10,15H,5-8H2,1-4H3. The fourth-order valence-electron chi connectivity index (χ4n) is 4.11. The Morgan fingerprint density at radius 3 is 2.28 bits per heavy atom. The van der Waals surface area contributed by atoms with Crippen molar-refractivity contribution in [3.05, 3.63) is 33.3 Å². The summed E-state index contributed by atoms with van der Waals surface area (Å²) in [5.41, 5.74) is 1.84. The number of carbonyl (C=O) groups excluding carboxylic acids is 2. The van der Waals surface area contributed by atoms with Crippen LogP contribution < -0.4 is 0 Å². The third kappa shape index (κ3) is 2.83. The SMILES string of the molecule is CON1CCC2(CC1)C(=O)C(c1c(C)cc(C)cc1Br)C(=O)N2OC. The maximum Gasteiger partial charge on any atom is 0.262 e. The molecule has 1 amide bonds. The normalized spacial score (nSPS) is 23.7. The lowest BCUT2D eigenvalue weighted by atomic mass is 9.80. The van der Waals surface area contributed by atoms with Gasteiger partial charge in [-0.1, -0.05) is 22.0 Å². The van der Waals surface area contributed by atoms with Gasteiger partial charge in [0, 0.05) is 17.6 Å². The number of nitrogens with zero attached hydrogens (tertiary/aromatic N) is 2. The zero-order valence-corrected chi connectivity index (χ0v) is 16.6. The van der Waals surface area contributed by atoms with Crippen molar-refractivity contribution in [2.45, 2.75) is 38.1 Å². The van der Waals surface area contributed by atoms with E-state index >= 15 is 0 Å². The summed E-state index contributed by atoms with van der Waals surface area (Å²) in [6.45, 7) is 5.08. The van der Waals surface area contributed by atoms with Gasteiger partial charge in [0.15, 0.2) is 5.78 Å². The monoisotopic (exact) mass is 410 g/mol. The number of benzene rings is 1. The molecular weight excluding hydrogens is 388 g/mol. The van der Waals surface area contributed by atoms with E-state index < -0.39 is 11.5 Å². The minimum absolute atomic E-state index is 0.0808. The molecule has 0 bridgehead atoms. The maximum absolute atomic E-state index is 13.4. The Morgan fingerprint density at radius 1 is 1.12 bits per heavy atom. The van der Waals surface area contributed by atoms with Gasteiger partial charge in [0.1, 0.15) is 11.5 Å². The average molecular weight is 411 g/mol. The van der Waals surface area contributed by atoms with Crippen LogP contribution in [0.3, 0.4) is 0 Å². The van der Waals surface area contributed by atoms with Crippen LogP contribution in [-0.2, 0) is 19.3 Å². The lowest BCUT2D eigenvalue weighted by Gasteiger charge is -2.40. The van der Waals surface area contributed by atoms with Gasteiger partial charge in [-0.3, -0.25) is 14.4 Å². The molecular formula is C18H23BrN2O4. The Balaban J connectivity index is 2.04. The number of amides is 1. The maximum atomic E-state index is 13.4. The molecule has 2 fully saturated rings. The molecule has 3 rings (SSSR count). The van der Waals surface area contributed by atoms with E-state index in [-0.39, 0.29) is 11.7 Å². The molecule has 2 heterocycles. The highest BCUT2D eigenvalue weighted by Crippen LogP contribution is 2.45. The van der Waals surface area contributed by atoms with E-state index in [1.807, 2.05) is 26.0 Å². The molecule has 2 aliphatic heterocycles. The summed E-state index contributed by atoms with van der Waals surface area (Å²) in [6, 6.07) is 3.94. The fourth-order valence-corrected chi connectivity index (χ4v) is 5.01. The first-order chi connectivity index (χ1) is 11.9. The smallest absolute Gasteiger partial charge is 0.262 e. The minimum atomic E-state index is -0.914. The van der Waals surface area contributed by atoms with Crippen molar-refractivity contribution >= 4 is 27.6 Å². The molecule has 0 aromatic heterocycles. The molecule has 136 valence electrons. The molecule has 0 N–H and O–H groups in total. The Morgan fingerprint density at radius 2 is 1.76 bits per heavy atom. The third-order valence-corrected chi connectivity index (χ3v) is 5.97. The molecule has 1 atom stereocenters. The van der Waals surface area contributed by atoms with E-state index in [2.05, 4.69) is 15.9 Å². The van der Waals surface area contributed by atoms with E-state index in [9.17, 15) is 9.59 Å². The number of hydrogen-bond acceptors (Lipinski definition) is 5. The van der Waals surface area contributed by atoms with E-state index in [1.165, 1.54) is 12.2 Å². The summed E-state index contributed by atoms with van der Waals surface area (Å²) in [7, 11) is 3.07.